The Morgan fingerprint density at radius 1 is 1.50 bits per heavy atom. The molecule has 0 aromatic heterocycles. The number of amides is 1. The van der Waals surface area contributed by atoms with Gasteiger partial charge in [-0.25, -0.2) is 0 Å². The third-order valence-corrected chi connectivity index (χ3v) is 0.791. The average molecular weight is 114 g/mol. The van der Waals surface area contributed by atoms with E-state index in [4.69, 9.17) is 0 Å². The monoisotopic (exact) mass is 114 g/mol. The second-order valence-corrected chi connectivity index (χ2v) is 1.86. The minimum absolute atomic E-state index is 0.0486. The summed E-state index contributed by atoms with van der Waals surface area (Å²) in [5.41, 5.74) is 0. The molecule has 1 radical (unpaired) electrons. The highest BCUT2D eigenvalue weighted by molar-refractivity contribution is 5.88. The van der Waals surface area contributed by atoms with Crippen molar-refractivity contribution in [2.24, 2.45) is 0 Å². The van der Waals surface area contributed by atoms with E-state index in [1.165, 1.54) is 0 Å². The van der Waals surface area contributed by atoms with E-state index in [-0.39, 0.29) is 5.91 Å². The summed E-state index contributed by atoms with van der Waals surface area (Å²) in [5.74, 6) is 0.861. The van der Waals surface area contributed by atoms with Crippen molar-refractivity contribution in [3.63, 3.8) is 0 Å². The zero-order valence-corrected chi connectivity index (χ0v) is 5.62. The van der Waals surface area contributed by atoms with E-state index in [2.05, 4.69) is 5.32 Å². The van der Waals surface area contributed by atoms with Crippen molar-refractivity contribution in [2.45, 2.75) is 20.8 Å². The summed E-state index contributed by atoms with van der Waals surface area (Å²) in [5, 5.41) is 2.67. The molecular weight excluding hydrogens is 102 g/mol. The van der Waals surface area contributed by atoms with E-state index >= 15 is 0 Å². The van der Waals surface area contributed by atoms with Gasteiger partial charge in [0.05, 0.1) is 5.92 Å². The first kappa shape index (κ1) is 7.47. The van der Waals surface area contributed by atoms with Gasteiger partial charge < -0.3 is 5.32 Å². The molecule has 1 N–H and O–H groups in total. The van der Waals surface area contributed by atoms with Crippen molar-refractivity contribution < 1.29 is 4.79 Å². The van der Waals surface area contributed by atoms with Gasteiger partial charge in [0.25, 0.3) is 0 Å². The third-order valence-electron chi connectivity index (χ3n) is 0.791. The first-order valence-electron chi connectivity index (χ1n) is 2.76. The van der Waals surface area contributed by atoms with Crippen LogP contribution in [0.4, 0.5) is 0 Å². The van der Waals surface area contributed by atoms with Crippen molar-refractivity contribution in [3.05, 3.63) is 5.92 Å². The van der Waals surface area contributed by atoms with Crippen molar-refractivity contribution in [2.75, 3.05) is 6.54 Å². The minimum atomic E-state index is 0.0486. The van der Waals surface area contributed by atoms with Crippen LogP contribution in [0.25, 0.3) is 0 Å². The van der Waals surface area contributed by atoms with Crippen LogP contribution in [0.2, 0.25) is 0 Å². The van der Waals surface area contributed by atoms with E-state index in [1.54, 1.807) is 13.8 Å². The van der Waals surface area contributed by atoms with Crippen LogP contribution >= 0.6 is 0 Å². The average Bonchev–Trinajstić information content (AvgIpc) is 1.67. The molecule has 0 unspecified atom stereocenters. The zero-order valence-electron chi connectivity index (χ0n) is 5.62. The lowest BCUT2D eigenvalue weighted by molar-refractivity contribution is -0.119. The lowest BCUT2D eigenvalue weighted by atomic mass is 10.2. The quantitative estimate of drug-likeness (QED) is 0.563. The van der Waals surface area contributed by atoms with E-state index in [1.807, 2.05) is 6.92 Å². The molecule has 0 aromatic rings. The summed E-state index contributed by atoms with van der Waals surface area (Å²) in [4.78, 5) is 10.6. The number of hydrogen-bond donors (Lipinski definition) is 1. The number of hydrogen-bond acceptors (Lipinski definition) is 1. The topological polar surface area (TPSA) is 29.1 Å². The van der Waals surface area contributed by atoms with Gasteiger partial charge in [-0.15, -0.1) is 0 Å². The summed E-state index contributed by atoms with van der Waals surface area (Å²) in [7, 11) is 0. The zero-order chi connectivity index (χ0) is 6.57. The van der Waals surface area contributed by atoms with Crippen molar-refractivity contribution in [3.8, 4) is 0 Å². The summed E-state index contributed by atoms with van der Waals surface area (Å²) in [6, 6.07) is 0. The van der Waals surface area contributed by atoms with Crippen LogP contribution in [0.1, 0.15) is 20.8 Å². The maximum atomic E-state index is 10.6. The van der Waals surface area contributed by atoms with Gasteiger partial charge in [0, 0.05) is 6.54 Å². The molecule has 2 heteroatoms. The van der Waals surface area contributed by atoms with Crippen LogP contribution in [0.3, 0.4) is 0 Å². The highest BCUT2D eigenvalue weighted by Crippen LogP contribution is 1.91. The van der Waals surface area contributed by atoms with E-state index in [9.17, 15) is 4.79 Å². The Kier molecular flexibility index (Phi) is 3.24. The fourth-order valence-corrected chi connectivity index (χ4v) is 0.337. The lowest BCUT2D eigenvalue weighted by Crippen LogP contribution is -2.25. The summed E-state index contributed by atoms with van der Waals surface area (Å²) in [6.07, 6.45) is 0. The largest absolute Gasteiger partial charge is 0.356 e. The minimum Gasteiger partial charge on any atom is -0.356 e. The van der Waals surface area contributed by atoms with Gasteiger partial charge in [0.1, 0.15) is 0 Å². The van der Waals surface area contributed by atoms with Gasteiger partial charge in [0.2, 0.25) is 5.91 Å². The standard InChI is InChI=1S/C6H12NO/c1-4-7-6(8)5(2)3/h4H2,1-3H3,(H,7,8). The molecule has 0 aromatic carbocycles. The summed E-state index contributed by atoms with van der Waals surface area (Å²) >= 11 is 0. The van der Waals surface area contributed by atoms with Gasteiger partial charge in [-0.3, -0.25) is 4.79 Å². The fraction of sp³-hybridized carbons (Fsp3) is 0.667. The molecule has 0 saturated carbocycles. The smallest absolute Gasteiger partial charge is 0.226 e. The van der Waals surface area contributed by atoms with Crippen LogP contribution in [0.15, 0.2) is 0 Å². The van der Waals surface area contributed by atoms with E-state index in [0.717, 1.165) is 5.92 Å². The normalized spacial score (nSPS) is 9.50. The molecule has 0 heterocycles. The van der Waals surface area contributed by atoms with Crippen molar-refractivity contribution in [1.82, 2.24) is 5.32 Å². The summed E-state index contributed by atoms with van der Waals surface area (Å²) in [6.45, 7) is 6.21. The van der Waals surface area contributed by atoms with Gasteiger partial charge in [-0.05, 0) is 6.92 Å². The van der Waals surface area contributed by atoms with Crippen LogP contribution in [0.5, 0.6) is 0 Å². The second-order valence-electron chi connectivity index (χ2n) is 1.86. The predicted molar refractivity (Wildman–Crippen MR) is 33.3 cm³/mol. The first-order valence-corrected chi connectivity index (χ1v) is 2.76. The Morgan fingerprint density at radius 2 is 2.00 bits per heavy atom. The maximum Gasteiger partial charge on any atom is 0.226 e. The van der Waals surface area contributed by atoms with Gasteiger partial charge >= 0.3 is 0 Å². The number of carbonyl (C=O) groups is 1. The molecule has 2 nitrogen and oxygen atoms in total. The second kappa shape index (κ2) is 3.47. The van der Waals surface area contributed by atoms with Gasteiger partial charge in [-0.1, -0.05) is 13.8 Å². The molecule has 0 aliphatic rings. The molecular formula is C6H12NO. The molecule has 0 aliphatic carbocycles. The van der Waals surface area contributed by atoms with Crippen molar-refractivity contribution >= 4 is 5.91 Å². The Balaban J connectivity index is 3.33. The third kappa shape index (κ3) is 2.61. The van der Waals surface area contributed by atoms with Crippen LogP contribution in [-0.4, -0.2) is 12.5 Å². The highest BCUT2D eigenvalue weighted by Gasteiger charge is 2.03. The van der Waals surface area contributed by atoms with Crippen LogP contribution in [0, 0.1) is 5.92 Å². The number of rotatable bonds is 2. The van der Waals surface area contributed by atoms with E-state index < -0.39 is 0 Å². The molecule has 0 spiro atoms. The van der Waals surface area contributed by atoms with E-state index in [0.29, 0.717) is 6.54 Å². The Labute approximate surface area is 50.3 Å². The van der Waals surface area contributed by atoms with Crippen molar-refractivity contribution in [1.29, 1.82) is 0 Å². The molecule has 0 aliphatic heterocycles. The van der Waals surface area contributed by atoms with Gasteiger partial charge in [0.15, 0.2) is 0 Å². The molecule has 0 saturated heterocycles. The summed E-state index contributed by atoms with van der Waals surface area (Å²) < 4.78 is 0. The Morgan fingerprint density at radius 3 is 2.12 bits per heavy atom. The highest BCUT2D eigenvalue weighted by atomic mass is 16.1. The first-order chi connectivity index (χ1) is 3.68. The Bertz CT molecular complexity index is 78.6. The van der Waals surface area contributed by atoms with Crippen LogP contribution < -0.4 is 5.32 Å². The molecule has 1 amide bonds. The molecule has 0 fully saturated rings. The SMILES string of the molecule is CCNC(=O)[C](C)C. The molecule has 47 valence electrons. The molecule has 8 heavy (non-hydrogen) atoms. The fourth-order valence-electron chi connectivity index (χ4n) is 0.337. The lowest BCUT2D eigenvalue weighted by Gasteiger charge is -2.01. The molecule has 0 rings (SSSR count). The number of carbonyl (C=O) groups excluding carboxylic acids is 1. The molecule has 0 bridgehead atoms. The van der Waals surface area contributed by atoms with Crippen LogP contribution in [-0.2, 0) is 4.79 Å². The van der Waals surface area contributed by atoms with Gasteiger partial charge in [-0.2, -0.15) is 0 Å². The maximum absolute atomic E-state index is 10.6. The Hall–Kier alpha value is -0.530. The molecule has 0 atom stereocenters. The number of nitrogens with one attached hydrogen (secondary N) is 1. The predicted octanol–water partition coefficient (Wildman–Crippen LogP) is 0.737.